The van der Waals surface area contributed by atoms with Crippen LogP contribution in [-0.4, -0.2) is 70.6 Å². The first-order valence-electron chi connectivity index (χ1n) is 8.99. The maximum Gasteiger partial charge on any atom is 0.240 e. The minimum Gasteiger partial charge on any atom is -0.368 e. The fourth-order valence-corrected chi connectivity index (χ4v) is 3.71. The highest BCUT2D eigenvalue weighted by atomic mass is 32.2. The van der Waals surface area contributed by atoms with Crippen molar-refractivity contribution in [3.63, 3.8) is 0 Å². The third-order valence-electron chi connectivity index (χ3n) is 4.61. The molecule has 8 nitrogen and oxygen atoms in total. The Hall–Kier alpha value is -1.77. The number of nitrogens with zero attached hydrogens (tertiary/aromatic N) is 2. The van der Waals surface area contributed by atoms with Gasteiger partial charge < -0.3 is 21.3 Å². The van der Waals surface area contributed by atoms with Gasteiger partial charge in [0.1, 0.15) is 12.1 Å². The molecule has 2 saturated heterocycles. The van der Waals surface area contributed by atoms with Crippen molar-refractivity contribution in [1.82, 2.24) is 9.80 Å². The normalized spacial score (nSPS) is 19.2. The molecule has 0 saturated carbocycles. The zero-order chi connectivity index (χ0) is 19.7. The Labute approximate surface area is 159 Å². The molecule has 0 unspecified atom stereocenters. The van der Waals surface area contributed by atoms with E-state index in [1.807, 2.05) is 13.2 Å². The molecule has 0 spiro atoms. The molecule has 2 fully saturated rings. The van der Waals surface area contributed by atoms with Crippen LogP contribution in [0.25, 0.3) is 0 Å². The summed E-state index contributed by atoms with van der Waals surface area (Å²) in [6, 6.07) is -0.780. The fourth-order valence-electron chi connectivity index (χ4n) is 3.25. The molecule has 0 aromatic heterocycles. The van der Waals surface area contributed by atoms with Crippen LogP contribution in [0.4, 0.5) is 0 Å². The van der Waals surface area contributed by atoms with Crippen LogP contribution in [0.1, 0.15) is 45.4 Å². The van der Waals surface area contributed by atoms with Crippen molar-refractivity contribution in [3.05, 3.63) is 0 Å². The van der Waals surface area contributed by atoms with Gasteiger partial charge >= 0.3 is 0 Å². The second-order valence-corrected chi connectivity index (χ2v) is 7.39. The first-order chi connectivity index (χ1) is 12.3. The second kappa shape index (κ2) is 11.1. The molecule has 4 N–H and O–H groups in total. The lowest BCUT2D eigenvalue weighted by Crippen LogP contribution is -2.45. The average molecular weight is 387 g/mol. The summed E-state index contributed by atoms with van der Waals surface area (Å²) in [4.78, 5) is 47.8. The lowest BCUT2D eigenvalue weighted by Gasteiger charge is -2.24. The topological polar surface area (TPSA) is 127 Å². The molecule has 2 aliphatic rings. The number of thioether (sulfide) groups is 1. The summed E-state index contributed by atoms with van der Waals surface area (Å²) in [5.74, 6) is 0.204. The molecule has 0 bridgehead atoms. The molecule has 2 rings (SSSR count). The van der Waals surface area contributed by atoms with Crippen molar-refractivity contribution in [2.75, 3.05) is 25.1 Å². The van der Waals surface area contributed by atoms with Crippen molar-refractivity contribution in [3.8, 4) is 0 Å². The Balaban J connectivity index is 0.000000263. The van der Waals surface area contributed by atoms with Crippen molar-refractivity contribution in [2.24, 2.45) is 11.5 Å². The maximum atomic E-state index is 11.4. The van der Waals surface area contributed by atoms with E-state index in [0.29, 0.717) is 38.8 Å². The molecular weight excluding hydrogens is 356 g/mol. The molecule has 0 aromatic rings. The van der Waals surface area contributed by atoms with Crippen LogP contribution in [0.15, 0.2) is 0 Å². The summed E-state index contributed by atoms with van der Waals surface area (Å²) in [6.45, 7) is 3.22. The van der Waals surface area contributed by atoms with E-state index in [2.05, 4.69) is 0 Å². The molecule has 0 radical (unpaired) electrons. The number of rotatable bonds is 8. The minimum atomic E-state index is -0.396. The monoisotopic (exact) mass is 386 g/mol. The number of carbonyl (C=O) groups excluding carboxylic acids is 4. The number of amides is 4. The Morgan fingerprint density at radius 3 is 1.77 bits per heavy atom. The zero-order valence-corrected chi connectivity index (χ0v) is 16.4. The summed E-state index contributed by atoms with van der Waals surface area (Å²) in [6.07, 6.45) is 6.07. The Morgan fingerprint density at radius 1 is 1.00 bits per heavy atom. The van der Waals surface area contributed by atoms with Gasteiger partial charge in [0.05, 0.1) is 0 Å². The average Bonchev–Trinajstić information content (AvgIpc) is 3.18. The van der Waals surface area contributed by atoms with Crippen LogP contribution in [-0.2, 0) is 19.2 Å². The van der Waals surface area contributed by atoms with Gasteiger partial charge in [0.2, 0.25) is 23.6 Å². The van der Waals surface area contributed by atoms with E-state index >= 15 is 0 Å². The summed E-state index contributed by atoms with van der Waals surface area (Å²) in [7, 11) is 0. The van der Waals surface area contributed by atoms with Crippen LogP contribution in [0.2, 0.25) is 0 Å². The van der Waals surface area contributed by atoms with E-state index in [1.165, 1.54) is 0 Å². The van der Waals surface area contributed by atoms with Gasteiger partial charge in [0.25, 0.3) is 0 Å². The number of nitrogens with two attached hydrogens (primary N) is 2. The lowest BCUT2D eigenvalue weighted by molar-refractivity contribution is -0.136. The van der Waals surface area contributed by atoms with Gasteiger partial charge in [-0.3, -0.25) is 19.2 Å². The highest BCUT2D eigenvalue weighted by Gasteiger charge is 2.31. The molecule has 4 amide bonds. The first kappa shape index (κ1) is 22.3. The van der Waals surface area contributed by atoms with Crippen molar-refractivity contribution < 1.29 is 19.2 Å². The van der Waals surface area contributed by atoms with Crippen LogP contribution in [0.3, 0.4) is 0 Å². The summed E-state index contributed by atoms with van der Waals surface area (Å²) in [5.41, 5.74) is 10.4. The van der Waals surface area contributed by atoms with Crippen LogP contribution in [0, 0.1) is 0 Å². The summed E-state index contributed by atoms with van der Waals surface area (Å²) in [5, 5.41) is 0. The molecule has 0 aliphatic carbocycles. The SMILES string of the molecule is CC[C@@H](C(N)=O)N1CCCC1=O.CSCC[C@@H](C(N)=O)N1CCCC1=O. The summed E-state index contributed by atoms with van der Waals surface area (Å²) < 4.78 is 0. The third kappa shape index (κ3) is 6.19. The molecule has 2 heterocycles. The number of hydrogen-bond donors (Lipinski definition) is 2. The van der Waals surface area contributed by atoms with E-state index in [4.69, 9.17) is 11.5 Å². The Bertz CT molecular complexity index is 529. The van der Waals surface area contributed by atoms with Gasteiger partial charge in [-0.1, -0.05) is 6.92 Å². The van der Waals surface area contributed by atoms with E-state index < -0.39 is 11.9 Å². The van der Waals surface area contributed by atoms with Crippen LogP contribution < -0.4 is 11.5 Å². The van der Waals surface area contributed by atoms with Crippen molar-refractivity contribution in [1.29, 1.82) is 0 Å². The van der Waals surface area contributed by atoms with Gasteiger partial charge in [0, 0.05) is 25.9 Å². The molecule has 148 valence electrons. The minimum absolute atomic E-state index is 0.0562. The Kier molecular flexibility index (Phi) is 9.47. The zero-order valence-electron chi connectivity index (χ0n) is 15.6. The van der Waals surface area contributed by atoms with Gasteiger partial charge in [-0.15, -0.1) is 0 Å². The van der Waals surface area contributed by atoms with Gasteiger partial charge in [-0.25, -0.2) is 0 Å². The van der Waals surface area contributed by atoms with E-state index in [-0.39, 0.29) is 23.8 Å². The van der Waals surface area contributed by atoms with Crippen LogP contribution in [0.5, 0.6) is 0 Å². The maximum absolute atomic E-state index is 11.4. The van der Waals surface area contributed by atoms with E-state index in [1.54, 1.807) is 21.6 Å². The molecule has 26 heavy (non-hydrogen) atoms. The predicted octanol–water partition coefficient (Wildman–Crippen LogP) is 0.0885. The van der Waals surface area contributed by atoms with Gasteiger partial charge in [0.15, 0.2) is 0 Å². The lowest BCUT2D eigenvalue weighted by atomic mass is 10.2. The van der Waals surface area contributed by atoms with Crippen molar-refractivity contribution >= 4 is 35.4 Å². The Morgan fingerprint density at radius 2 is 1.46 bits per heavy atom. The van der Waals surface area contributed by atoms with E-state index in [9.17, 15) is 19.2 Å². The summed E-state index contributed by atoms with van der Waals surface area (Å²) >= 11 is 1.66. The fraction of sp³-hybridized carbons (Fsp3) is 0.765. The van der Waals surface area contributed by atoms with Crippen LogP contribution >= 0.6 is 11.8 Å². The van der Waals surface area contributed by atoms with Gasteiger partial charge in [-0.05, 0) is 37.7 Å². The van der Waals surface area contributed by atoms with Crippen molar-refractivity contribution in [2.45, 2.75) is 57.5 Å². The molecule has 0 aromatic carbocycles. The highest BCUT2D eigenvalue weighted by Crippen LogP contribution is 2.17. The molecule has 2 aliphatic heterocycles. The number of primary amides is 2. The second-order valence-electron chi connectivity index (χ2n) is 6.41. The predicted molar refractivity (Wildman–Crippen MR) is 101 cm³/mol. The first-order valence-corrected chi connectivity index (χ1v) is 10.4. The molecule has 2 atom stereocenters. The van der Waals surface area contributed by atoms with E-state index in [0.717, 1.165) is 18.6 Å². The number of hydrogen-bond acceptors (Lipinski definition) is 5. The van der Waals surface area contributed by atoms with Gasteiger partial charge in [-0.2, -0.15) is 11.8 Å². The molecule has 9 heteroatoms. The smallest absolute Gasteiger partial charge is 0.240 e. The highest BCUT2D eigenvalue weighted by molar-refractivity contribution is 7.98. The largest absolute Gasteiger partial charge is 0.368 e. The third-order valence-corrected chi connectivity index (χ3v) is 5.26. The number of likely N-dealkylation sites (tertiary alicyclic amines) is 2. The number of carbonyl (C=O) groups is 4. The molecular formula is C17H30N4O4S. The quantitative estimate of drug-likeness (QED) is 0.611. The standard InChI is InChI=1S/C9H16N2O2S.C8H14N2O2/c1-14-6-4-7(9(10)13)11-5-2-3-8(11)12;1-2-6(8(9)12)10-5-3-4-7(10)11/h7H,2-6H2,1H3,(H2,10,13);6H,2-5H2,1H3,(H2,9,12)/t7-;6-/m00/s1.